The van der Waals surface area contributed by atoms with E-state index in [0.29, 0.717) is 18.7 Å². The molecule has 0 fully saturated rings. The van der Waals surface area contributed by atoms with Crippen molar-refractivity contribution in [2.75, 3.05) is 20.4 Å². The van der Waals surface area contributed by atoms with Gasteiger partial charge in [-0.1, -0.05) is 56.2 Å². The molecule has 212 valence electrons. The first-order valence-electron chi connectivity index (χ1n) is 13.8. The predicted octanol–water partition coefficient (Wildman–Crippen LogP) is 5.63. The first kappa shape index (κ1) is 29.1. The molecule has 0 spiro atoms. The topological polar surface area (TPSA) is 106 Å². The average molecular weight is 547 g/mol. The van der Waals surface area contributed by atoms with Crippen LogP contribution in [0.4, 0.5) is 0 Å². The highest BCUT2D eigenvalue weighted by Crippen LogP contribution is 2.37. The van der Waals surface area contributed by atoms with Gasteiger partial charge in [-0.3, -0.25) is 4.79 Å². The number of carbonyl (C=O) groups is 2. The van der Waals surface area contributed by atoms with E-state index in [-0.39, 0.29) is 19.3 Å². The van der Waals surface area contributed by atoms with Crippen LogP contribution in [0.3, 0.4) is 0 Å². The average Bonchev–Trinajstić information content (AvgIpc) is 3.43. The van der Waals surface area contributed by atoms with Crippen molar-refractivity contribution in [1.82, 2.24) is 10.6 Å². The number of nitrogens with one attached hydrogen (secondary N) is 2. The molecule has 3 aromatic carbocycles. The van der Waals surface area contributed by atoms with Crippen LogP contribution >= 0.6 is 0 Å². The third kappa shape index (κ3) is 7.20. The minimum absolute atomic E-state index is 0.122. The lowest BCUT2D eigenvalue weighted by molar-refractivity contribution is -0.139. The van der Waals surface area contributed by atoms with Crippen LogP contribution in [0.5, 0.6) is 11.5 Å². The van der Waals surface area contributed by atoms with Gasteiger partial charge >= 0.3 is 5.97 Å². The zero-order valence-corrected chi connectivity index (χ0v) is 23.4. The number of fused-ring (bicyclic) bond motifs is 1. The molecule has 2 atom stereocenters. The number of benzene rings is 3. The highest BCUT2D eigenvalue weighted by Gasteiger charge is 2.23. The minimum atomic E-state index is -1.06. The van der Waals surface area contributed by atoms with Gasteiger partial charge in [0.05, 0.1) is 12.7 Å². The monoisotopic (exact) mass is 546 g/mol. The van der Waals surface area contributed by atoms with E-state index in [4.69, 9.17) is 14.2 Å². The van der Waals surface area contributed by atoms with Crippen LogP contribution in [0, 0.1) is 6.92 Å². The van der Waals surface area contributed by atoms with Gasteiger partial charge in [-0.15, -0.1) is 0 Å². The lowest BCUT2D eigenvalue weighted by atomic mass is 9.93. The number of amides is 1. The minimum Gasteiger partial charge on any atom is -0.480 e. The molecule has 0 bridgehead atoms. The van der Waals surface area contributed by atoms with Gasteiger partial charge in [0, 0.05) is 5.56 Å². The van der Waals surface area contributed by atoms with Crippen molar-refractivity contribution in [3.63, 3.8) is 0 Å². The number of carbonyl (C=O) groups excluding carboxylic acids is 1. The molecule has 0 aliphatic carbocycles. The predicted molar refractivity (Wildman–Crippen MR) is 154 cm³/mol. The van der Waals surface area contributed by atoms with Crippen molar-refractivity contribution in [1.29, 1.82) is 0 Å². The number of unbranched alkanes of at least 4 members (excludes halogenated alkanes) is 1. The second kappa shape index (κ2) is 14.0. The number of hydrogen-bond donors (Lipinski definition) is 3. The fourth-order valence-corrected chi connectivity index (χ4v) is 4.81. The van der Waals surface area contributed by atoms with Crippen LogP contribution in [-0.4, -0.2) is 43.4 Å². The zero-order valence-electron chi connectivity index (χ0n) is 23.4. The Labute approximate surface area is 235 Å². The first-order valence-corrected chi connectivity index (χ1v) is 13.8. The Morgan fingerprint density at radius 3 is 2.55 bits per heavy atom. The summed E-state index contributed by atoms with van der Waals surface area (Å²) >= 11 is 0. The summed E-state index contributed by atoms with van der Waals surface area (Å²) in [6, 6.07) is 18.4. The van der Waals surface area contributed by atoms with E-state index in [1.54, 1.807) is 13.1 Å². The molecule has 0 radical (unpaired) electrons. The second-order valence-electron chi connectivity index (χ2n) is 10.0. The Hall–Kier alpha value is -3.88. The Morgan fingerprint density at radius 1 is 1.00 bits per heavy atom. The molecule has 1 aliphatic heterocycles. The molecule has 1 heterocycles. The van der Waals surface area contributed by atoms with Crippen molar-refractivity contribution in [3.05, 3.63) is 82.9 Å². The summed E-state index contributed by atoms with van der Waals surface area (Å²) in [6.45, 7) is 5.20. The maximum atomic E-state index is 13.4. The van der Waals surface area contributed by atoms with Gasteiger partial charge in [0.25, 0.3) is 5.91 Å². The largest absolute Gasteiger partial charge is 0.480 e. The fourth-order valence-electron chi connectivity index (χ4n) is 4.81. The number of hydrogen-bond acceptors (Lipinski definition) is 6. The summed E-state index contributed by atoms with van der Waals surface area (Å²) in [6.07, 6.45) is 3.09. The van der Waals surface area contributed by atoms with Crippen molar-refractivity contribution in [2.24, 2.45) is 0 Å². The zero-order chi connectivity index (χ0) is 28.5. The summed E-state index contributed by atoms with van der Waals surface area (Å²) in [5.41, 5.74) is 5.04. The van der Waals surface area contributed by atoms with Gasteiger partial charge in [0.15, 0.2) is 11.5 Å². The maximum absolute atomic E-state index is 13.4. The van der Waals surface area contributed by atoms with E-state index in [9.17, 15) is 14.7 Å². The summed E-state index contributed by atoms with van der Waals surface area (Å²) in [5, 5.41) is 15.3. The number of rotatable bonds is 14. The summed E-state index contributed by atoms with van der Waals surface area (Å²) in [4.78, 5) is 25.1. The lowest BCUT2D eigenvalue weighted by Gasteiger charge is -2.20. The molecule has 1 amide bonds. The molecule has 8 heteroatoms. The van der Waals surface area contributed by atoms with Gasteiger partial charge in [-0.2, -0.15) is 0 Å². The van der Waals surface area contributed by atoms with E-state index in [1.165, 1.54) is 0 Å². The SMILES string of the molecule is CCCCC(OCc1ccc(C(=O)NC(CCNC)C(=O)O)c(-c2ccccc2C)c1)c1ccc2c(c1)OCO2. The van der Waals surface area contributed by atoms with E-state index in [2.05, 4.69) is 17.6 Å². The normalized spacial score (nSPS) is 13.6. The van der Waals surface area contributed by atoms with E-state index >= 15 is 0 Å². The summed E-state index contributed by atoms with van der Waals surface area (Å²) in [5.74, 6) is -0.0110. The lowest BCUT2D eigenvalue weighted by Crippen LogP contribution is -2.42. The van der Waals surface area contributed by atoms with Crippen LogP contribution in [-0.2, 0) is 16.1 Å². The standard InChI is InChI=1S/C32H38N2O6/c1-4-5-10-28(23-12-14-29-30(18-23)40-20-39-29)38-19-22-11-13-25(26(17-22)24-9-7-6-8-21(24)2)31(35)34-27(32(36)37)15-16-33-3/h6-9,11-14,17-18,27-28,33H,4-5,10,15-16,19-20H2,1-3H3,(H,34,35)(H,36,37). The molecular weight excluding hydrogens is 508 g/mol. The molecule has 0 saturated heterocycles. The van der Waals surface area contributed by atoms with Crippen LogP contribution in [0.25, 0.3) is 11.1 Å². The molecule has 40 heavy (non-hydrogen) atoms. The molecule has 3 aromatic rings. The Bertz CT molecular complexity index is 1320. The summed E-state index contributed by atoms with van der Waals surface area (Å²) < 4.78 is 17.5. The van der Waals surface area contributed by atoms with E-state index in [1.807, 2.05) is 61.5 Å². The Balaban J connectivity index is 1.60. The van der Waals surface area contributed by atoms with Gasteiger partial charge in [0.1, 0.15) is 6.04 Å². The molecule has 0 saturated carbocycles. The fraction of sp³-hybridized carbons (Fsp3) is 0.375. The highest BCUT2D eigenvalue weighted by atomic mass is 16.7. The Morgan fingerprint density at radius 2 is 1.80 bits per heavy atom. The molecular formula is C32H38N2O6. The van der Waals surface area contributed by atoms with Crippen LogP contribution in [0.1, 0.15) is 65.8 Å². The van der Waals surface area contributed by atoms with Crippen molar-refractivity contribution in [2.45, 2.75) is 58.3 Å². The van der Waals surface area contributed by atoms with E-state index in [0.717, 1.165) is 58.6 Å². The van der Waals surface area contributed by atoms with Gasteiger partial charge in [-0.25, -0.2) is 4.79 Å². The molecule has 8 nitrogen and oxygen atoms in total. The molecule has 3 N–H and O–H groups in total. The maximum Gasteiger partial charge on any atom is 0.326 e. The van der Waals surface area contributed by atoms with Gasteiger partial charge in [0.2, 0.25) is 6.79 Å². The van der Waals surface area contributed by atoms with Crippen LogP contribution in [0.2, 0.25) is 0 Å². The third-order valence-electron chi connectivity index (χ3n) is 7.09. The van der Waals surface area contributed by atoms with E-state index < -0.39 is 17.9 Å². The Kier molecular flexibility index (Phi) is 10.2. The van der Waals surface area contributed by atoms with Crippen LogP contribution in [0.15, 0.2) is 60.7 Å². The smallest absolute Gasteiger partial charge is 0.326 e. The number of carboxylic acids is 1. The third-order valence-corrected chi connectivity index (χ3v) is 7.09. The number of carboxylic acid groups (broad SMARTS) is 1. The van der Waals surface area contributed by atoms with Crippen molar-refractivity contribution >= 4 is 11.9 Å². The molecule has 0 aromatic heterocycles. The van der Waals surface area contributed by atoms with Gasteiger partial charge in [-0.05, 0) is 85.4 Å². The highest BCUT2D eigenvalue weighted by molar-refractivity contribution is 6.02. The summed E-state index contributed by atoms with van der Waals surface area (Å²) in [7, 11) is 1.75. The number of aryl methyl sites for hydroxylation is 1. The second-order valence-corrected chi connectivity index (χ2v) is 10.0. The van der Waals surface area contributed by atoms with Crippen molar-refractivity contribution < 1.29 is 28.9 Å². The first-order chi connectivity index (χ1) is 19.4. The number of aliphatic carboxylic acids is 1. The quantitative estimate of drug-likeness (QED) is 0.241. The molecule has 2 unspecified atom stereocenters. The van der Waals surface area contributed by atoms with Crippen molar-refractivity contribution in [3.8, 4) is 22.6 Å². The van der Waals surface area contributed by atoms with Crippen LogP contribution < -0.4 is 20.1 Å². The molecule has 1 aliphatic rings. The molecule has 4 rings (SSSR count). The number of ether oxygens (including phenoxy) is 3. The van der Waals surface area contributed by atoms with Gasteiger partial charge < -0.3 is 30.0 Å².